The van der Waals surface area contributed by atoms with Crippen molar-refractivity contribution in [2.75, 3.05) is 0 Å². The van der Waals surface area contributed by atoms with Crippen LogP contribution in [0, 0.1) is 0 Å². The second-order valence-electron chi connectivity index (χ2n) is 2.10. The Kier molecular flexibility index (Phi) is 2.93. The van der Waals surface area contributed by atoms with Crippen LogP contribution in [0.4, 0.5) is 13.2 Å². The van der Waals surface area contributed by atoms with Crippen LogP contribution in [-0.2, 0) is 4.79 Å². The van der Waals surface area contributed by atoms with Gasteiger partial charge in [-0.15, -0.1) is 0 Å². The lowest BCUT2D eigenvalue weighted by Crippen LogP contribution is -2.23. The molecule has 0 aliphatic carbocycles. The number of hydrogen-bond donors (Lipinski definition) is 0. The van der Waals surface area contributed by atoms with Gasteiger partial charge in [0.25, 0.3) is 0 Å². The molecule has 0 amide bonds. The molecular formula is C5H6BF3O. The van der Waals surface area contributed by atoms with Gasteiger partial charge in [-0.3, -0.25) is 4.79 Å². The zero-order valence-corrected chi connectivity index (χ0v) is 5.40. The molecule has 0 saturated heterocycles. The third kappa shape index (κ3) is 3.53. The van der Waals surface area contributed by atoms with Crippen LogP contribution in [0.3, 0.4) is 0 Å². The third-order valence-corrected chi connectivity index (χ3v) is 0.824. The minimum Gasteiger partial charge on any atom is -0.290 e. The van der Waals surface area contributed by atoms with E-state index in [0.717, 1.165) is 0 Å². The fourth-order valence-electron chi connectivity index (χ4n) is 0.408. The largest absolute Gasteiger partial charge is 0.449 e. The van der Waals surface area contributed by atoms with Crippen LogP contribution in [-0.4, -0.2) is 19.8 Å². The first-order valence-electron chi connectivity index (χ1n) is 2.69. The molecule has 10 heavy (non-hydrogen) atoms. The van der Waals surface area contributed by atoms with E-state index in [4.69, 9.17) is 7.85 Å². The summed E-state index contributed by atoms with van der Waals surface area (Å²) >= 11 is 0. The Balaban J connectivity index is 3.87. The molecule has 0 bridgehead atoms. The van der Waals surface area contributed by atoms with Crippen molar-refractivity contribution in [2.24, 2.45) is 0 Å². The van der Waals surface area contributed by atoms with Gasteiger partial charge in [0.2, 0.25) is 5.78 Å². The lowest BCUT2D eigenvalue weighted by Gasteiger charge is -2.06. The minimum absolute atomic E-state index is 0.635. The van der Waals surface area contributed by atoms with Gasteiger partial charge in [0, 0.05) is 6.42 Å². The number of ketones is 1. The van der Waals surface area contributed by atoms with Crippen molar-refractivity contribution in [1.82, 2.24) is 0 Å². The molecule has 0 aromatic heterocycles. The van der Waals surface area contributed by atoms with Crippen molar-refractivity contribution >= 4 is 13.6 Å². The van der Waals surface area contributed by atoms with Gasteiger partial charge in [-0.2, -0.15) is 13.2 Å². The molecule has 0 aromatic carbocycles. The summed E-state index contributed by atoms with van der Waals surface area (Å²) < 4.78 is 34.2. The van der Waals surface area contributed by atoms with E-state index in [1.165, 1.54) is 6.92 Å². The van der Waals surface area contributed by atoms with Crippen LogP contribution in [0.5, 0.6) is 0 Å². The van der Waals surface area contributed by atoms with Gasteiger partial charge >= 0.3 is 6.18 Å². The van der Waals surface area contributed by atoms with Crippen LogP contribution < -0.4 is 0 Å². The maximum atomic E-state index is 11.4. The van der Waals surface area contributed by atoms with Crippen LogP contribution >= 0.6 is 0 Å². The molecule has 0 rings (SSSR count). The minimum atomic E-state index is -4.73. The van der Waals surface area contributed by atoms with Crippen LogP contribution in [0.25, 0.3) is 0 Å². The molecule has 1 nitrogen and oxygen atoms in total. The van der Waals surface area contributed by atoms with Gasteiger partial charge in [0.1, 0.15) is 0 Å². The highest BCUT2D eigenvalue weighted by Crippen LogP contribution is 2.20. The molecule has 1 unspecified atom stereocenters. The Morgan fingerprint density at radius 1 is 1.60 bits per heavy atom. The highest BCUT2D eigenvalue weighted by molar-refractivity contribution is 6.13. The van der Waals surface area contributed by atoms with Crippen molar-refractivity contribution in [2.45, 2.75) is 25.3 Å². The molecule has 0 heterocycles. The Morgan fingerprint density at radius 3 is 2.10 bits per heavy atom. The van der Waals surface area contributed by atoms with E-state index >= 15 is 0 Å². The summed E-state index contributed by atoms with van der Waals surface area (Å²) in [5.74, 6) is -2.49. The summed E-state index contributed by atoms with van der Waals surface area (Å²) in [6.07, 6.45) is -5.36. The number of rotatable bonds is 2. The molecule has 0 aromatic rings. The van der Waals surface area contributed by atoms with E-state index in [1.54, 1.807) is 0 Å². The van der Waals surface area contributed by atoms with Crippen molar-refractivity contribution in [3.63, 3.8) is 0 Å². The fourth-order valence-corrected chi connectivity index (χ4v) is 0.408. The highest BCUT2D eigenvalue weighted by atomic mass is 19.4. The van der Waals surface area contributed by atoms with E-state index in [-0.39, 0.29) is 0 Å². The van der Waals surface area contributed by atoms with Gasteiger partial charge < -0.3 is 0 Å². The standard InChI is InChI=1S/C5H6BF3O/c1-3(6)2-4(10)5(7,8)9/h3H,2H2,1H3. The lowest BCUT2D eigenvalue weighted by atomic mass is 9.85. The monoisotopic (exact) mass is 150 g/mol. The molecule has 0 aliphatic rings. The smallest absolute Gasteiger partial charge is 0.290 e. The number of hydrogen-bond acceptors (Lipinski definition) is 1. The topological polar surface area (TPSA) is 17.1 Å². The normalized spacial score (nSPS) is 14.8. The molecule has 2 radical (unpaired) electrons. The van der Waals surface area contributed by atoms with E-state index in [9.17, 15) is 18.0 Å². The molecule has 0 aliphatic heterocycles. The van der Waals surface area contributed by atoms with Crippen LogP contribution in [0.1, 0.15) is 13.3 Å². The summed E-state index contributed by atoms with van der Waals surface area (Å²) in [5.41, 5.74) is 0. The lowest BCUT2D eigenvalue weighted by molar-refractivity contribution is -0.171. The molecule has 0 saturated carbocycles. The summed E-state index contributed by atoms with van der Waals surface area (Å²) in [7, 11) is 4.97. The Hall–Kier alpha value is -0.475. The van der Waals surface area contributed by atoms with E-state index < -0.39 is 24.2 Å². The van der Waals surface area contributed by atoms with Crippen molar-refractivity contribution in [3.05, 3.63) is 0 Å². The number of alkyl halides is 3. The number of carbonyl (C=O) groups is 1. The SMILES string of the molecule is [B]C(C)CC(=O)C(F)(F)F. The second kappa shape index (κ2) is 3.08. The van der Waals surface area contributed by atoms with Crippen molar-refractivity contribution in [3.8, 4) is 0 Å². The Bertz CT molecular complexity index is 129. The zero-order chi connectivity index (χ0) is 8.36. The highest BCUT2D eigenvalue weighted by Gasteiger charge is 2.37. The summed E-state index contributed by atoms with van der Waals surface area (Å²) in [4.78, 5) is 10.1. The summed E-state index contributed by atoms with van der Waals surface area (Å²) in [6, 6.07) is 0. The maximum absolute atomic E-state index is 11.4. The predicted octanol–water partition coefficient (Wildman–Crippen LogP) is 1.48. The molecule has 56 valence electrons. The third-order valence-electron chi connectivity index (χ3n) is 0.824. The predicted molar refractivity (Wildman–Crippen MR) is 30.9 cm³/mol. The van der Waals surface area contributed by atoms with Gasteiger partial charge in [-0.25, -0.2) is 0 Å². The molecular weight excluding hydrogens is 144 g/mol. The summed E-state index contributed by atoms with van der Waals surface area (Å²) in [6.45, 7) is 1.35. The first kappa shape index (κ1) is 9.52. The van der Waals surface area contributed by atoms with Gasteiger partial charge in [0.05, 0.1) is 7.85 Å². The molecule has 0 spiro atoms. The quantitative estimate of drug-likeness (QED) is 0.544. The van der Waals surface area contributed by atoms with E-state index in [1.807, 2.05) is 0 Å². The van der Waals surface area contributed by atoms with Crippen molar-refractivity contribution < 1.29 is 18.0 Å². The molecule has 1 atom stereocenters. The Labute approximate surface area is 58.0 Å². The van der Waals surface area contributed by atoms with Gasteiger partial charge in [-0.1, -0.05) is 12.7 Å². The first-order chi connectivity index (χ1) is 4.34. The van der Waals surface area contributed by atoms with E-state index in [2.05, 4.69) is 0 Å². The second-order valence-corrected chi connectivity index (χ2v) is 2.10. The van der Waals surface area contributed by atoms with E-state index in [0.29, 0.717) is 0 Å². The average Bonchev–Trinajstić information content (AvgIpc) is 1.60. The van der Waals surface area contributed by atoms with Gasteiger partial charge in [0.15, 0.2) is 0 Å². The zero-order valence-electron chi connectivity index (χ0n) is 5.40. The number of Topliss-reactive ketones (excluding diaryl/α,β-unsaturated/α-hetero) is 1. The average molecular weight is 150 g/mol. The molecule has 0 N–H and O–H groups in total. The van der Waals surface area contributed by atoms with Crippen LogP contribution in [0.2, 0.25) is 5.82 Å². The maximum Gasteiger partial charge on any atom is 0.449 e. The van der Waals surface area contributed by atoms with Crippen LogP contribution in [0.15, 0.2) is 0 Å². The fraction of sp³-hybridized carbons (Fsp3) is 0.800. The Morgan fingerprint density at radius 2 is 2.00 bits per heavy atom. The summed E-state index contributed by atoms with van der Waals surface area (Å²) in [5, 5.41) is 0. The molecule has 5 heteroatoms. The number of carbonyl (C=O) groups excluding carboxylic acids is 1. The first-order valence-corrected chi connectivity index (χ1v) is 2.69. The number of halogens is 3. The van der Waals surface area contributed by atoms with Gasteiger partial charge in [-0.05, 0) is 0 Å². The molecule has 0 fully saturated rings. The van der Waals surface area contributed by atoms with Crippen molar-refractivity contribution in [1.29, 1.82) is 0 Å².